The fourth-order valence-electron chi connectivity index (χ4n) is 2.11. The Morgan fingerprint density at radius 3 is 2.37 bits per heavy atom. The molecular formula is C16H15F3N4O3S. The lowest BCUT2D eigenvalue weighted by molar-refractivity contribution is -0.0436. The third-order valence-corrected chi connectivity index (χ3v) is 4.85. The maximum Gasteiger partial charge on any atom is 0.501 e. The SMILES string of the molecule is Cc1ccc(NC(=O)c2cccc(S(=O)(=O)C(F)(F)F)c2)c(N=C(N)N)c1. The maximum atomic E-state index is 12.7. The summed E-state index contributed by atoms with van der Waals surface area (Å²) in [5.41, 5.74) is 6.15. The number of hydrogen-bond acceptors (Lipinski definition) is 4. The number of halogens is 3. The van der Waals surface area contributed by atoms with Crippen molar-refractivity contribution in [3.63, 3.8) is 0 Å². The van der Waals surface area contributed by atoms with Gasteiger partial charge >= 0.3 is 5.51 Å². The van der Waals surface area contributed by atoms with Crippen LogP contribution >= 0.6 is 0 Å². The average molecular weight is 400 g/mol. The summed E-state index contributed by atoms with van der Waals surface area (Å²) in [7, 11) is -5.57. The van der Waals surface area contributed by atoms with Crippen LogP contribution in [0.5, 0.6) is 0 Å². The van der Waals surface area contributed by atoms with Crippen molar-refractivity contribution in [2.75, 3.05) is 5.32 Å². The van der Waals surface area contributed by atoms with Crippen LogP contribution in [0.15, 0.2) is 52.4 Å². The quantitative estimate of drug-likeness (QED) is 0.537. The molecule has 2 aromatic carbocycles. The average Bonchev–Trinajstić information content (AvgIpc) is 2.56. The van der Waals surface area contributed by atoms with Crippen LogP contribution in [0.1, 0.15) is 15.9 Å². The van der Waals surface area contributed by atoms with Crippen LogP contribution in [0.2, 0.25) is 0 Å². The van der Waals surface area contributed by atoms with Crippen molar-refractivity contribution in [1.29, 1.82) is 0 Å². The number of aryl methyl sites for hydroxylation is 1. The number of carbonyl (C=O) groups is 1. The minimum absolute atomic E-state index is 0.197. The molecule has 0 bridgehead atoms. The van der Waals surface area contributed by atoms with Gasteiger partial charge in [0.25, 0.3) is 15.7 Å². The molecule has 0 aliphatic rings. The van der Waals surface area contributed by atoms with Gasteiger partial charge in [0.15, 0.2) is 5.96 Å². The molecule has 0 aliphatic carbocycles. The number of carbonyl (C=O) groups excluding carboxylic acids is 1. The Morgan fingerprint density at radius 1 is 1.11 bits per heavy atom. The normalized spacial score (nSPS) is 11.7. The monoisotopic (exact) mass is 400 g/mol. The molecule has 0 atom stereocenters. The molecule has 0 radical (unpaired) electrons. The highest BCUT2D eigenvalue weighted by Crippen LogP contribution is 2.31. The summed E-state index contributed by atoms with van der Waals surface area (Å²) in [6, 6.07) is 8.37. The van der Waals surface area contributed by atoms with Gasteiger partial charge in [0.1, 0.15) is 0 Å². The molecule has 0 saturated carbocycles. The van der Waals surface area contributed by atoms with Gasteiger partial charge in [-0.15, -0.1) is 0 Å². The lowest BCUT2D eigenvalue weighted by atomic mass is 10.1. The van der Waals surface area contributed by atoms with Crippen molar-refractivity contribution in [1.82, 2.24) is 0 Å². The van der Waals surface area contributed by atoms with Crippen molar-refractivity contribution >= 4 is 33.1 Å². The number of aliphatic imine (C=N–C) groups is 1. The number of nitrogens with zero attached hydrogens (tertiary/aromatic N) is 1. The first-order chi connectivity index (χ1) is 12.4. The summed E-state index contributed by atoms with van der Waals surface area (Å²) in [5.74, 6) is -1.08. The highest BCUT2D eigenvalue weighted by Gasteiger charge is 2.46. The highest BCUT2D eigenvalue weighted by molar-refractivity contribution is 7.92. The Balaban J connectivity index is 2.39. The first kappa shape index (κ1) is 20.2. The molecule has 0 fully saturated rings. The van der Waals surface area contributed by atoms with Gasteiger partial charge in [0.2, 0.25) is 0 Å². The molecule has 0 saturated heterocycles. The fourth-order valence-corrected chi connectivity index (χ4v) is 2.92. The molecule has 5 N–H and O–H groups in total. The zero-order valence-electron chi connectivity index (χ0n) is 13.9. The Kier molecular flexibility index (Phi) is 5.45. The summed E-state index contributed by atoms with van der Waals surface area (Å²) in [5, 5.41) is 2.44. The van der Waals surface area contributed by atoms with Crippen molar-refractivity contribution in [2.45, 2.75) is 17.3 Å². The van der Waals surface area contributed by atoms with E-state index in [4.69, 9.17) is 11.5 Å². The summed E-state index contributed by atoms with van der Waals surface area (Å²) < 4.78 is 61.0. The van der Waals surface area contributed by atoms with Crippen molar-refractivity contribution in [2.24, 2.45) is 16.5 Å². The third kappa shape index (κ3) is 4.56. The number of nitrogens with two attached hydrogens (primary N) is 2. The molecule has 0 unspecified atom stereocenters. The number of rotatable bonds is 4. The topological polar surface area (TPSA) is 128 Å². The molecule has 0 aliphatic heterocycles. The van der Waals surface area contributed by atoms with Crippen molar-refractivity contribution < 1.29 is 26.4 Å². The second-order valence-corrected chi connectivity index (χ2v) is 7.43. The Hall–Kier alpha value is -3.08. The zero-order chi connectivity index (χ0) is 20.4. The number of nitrogens with one attached hydrogen (secondary N) is 1. The van der Waals surface area contributed by atoms with E-state index in [0.29, 0.717) is 6.07 Å². The number of benzene rings is 2. The minimum atomic E-state index is -5.57. The van der Waals surface area contributed by atoms with Crippen LogP contribution in [-0.4, -0.2) is 25.8 Å². The first-order valence-electron chi connectivity index (χ1n) is 7.35. The van der Waals surface area contributed by atoms with Crippen LogP contribution < -0.4 is 16.8 Å². The van der Waals surface area contributed by atoms with Gasteiger partial charge in [-0.1, -0.05) is 12.1 Å². The molecule has 144 valence electrons. The summed E-state index contributed by atoms with van der Waals surface area (Å²) in [4.78, 5) is 15.2. The summed E-state index contributed by atoms with van der Waals surface area (Å²) >= 11 is 0. The molecule has 2 aromatic rings. The van der Waals surface area contributed by atoms with E-state index in [1.807, 2.05) is 0 Å². The van der Waals surface area contributed by atoms with Gasteiger partial charge in [-0.3, -0.25) is 4.79 Å². The molecule has 0 heterocycles. The van der Waals surface area contributed by atoms with E-state index in [0.717, 1.165) is 17.7 Å². The predicted molar refractivity (Wildman–Crippen MR) is 94.3 cm³/mol. The highest BCUT2D eigenvalue weighted by atomic mass is 32.2. The largest absolute Gasteiger partial charge is 0.501 e. The van der Waals surface area contributed by atoms with Gasteiger partial charge in [-0.2, -0.15) is 13.2 Å². The van der Waals surface area contributed by atoms with E-state index in [1.165, 1.54) is 12.1 Å². The minimum Gasteiger partial charge on any atom is -0.370 e. The fraction of sp³-hybridized carbons (Fsp3) is 0.125. The lowest BCUT2D eigenvalue weighted by Crippen LogP contribution is -2.24. The van der Waals surface area contributed by atoms with Gasteiger partial charge in [-0.25, -0.2) is 13.4 Å². The second-order valence-electron chi connectivity index (χ2n) is 5.49. The molecule has 7 nitrogen and oxygen atoms in total. The third-order valence-electron chi connectivity index (χ3n) is 3.36. The van der Waals surface area contributed by atoms with Crippen LogP contribution in [0.25, 0.3) is 0 Å². The molecule has 1 amide bonds. The Morgan fingerprint density at radius 2 is 1.78 bits per heavy atom. The smallest absolute Gasteiger partial charge is 0.370 e. The molecular weight excluding hydrogens is 385 g/mol. The number of anilines is 1. The number of sulfone groups is 1. The Labute approximate surface area is 152 Å². The predicted octanol–water partition coefficient (Wildman–Crippen LogP) is 2.45. The zero-order valence-corrected chi connectivity index (χ0v) is 14.7. The van der Waals surface area contributed by atoms with E-state index in [-0.39, 0.29) is 22.9 Å². The van der Waals surface area contributed by atoms with E-state index in [1.54, 1.807) is 19.1 Å². The van der Waals surface area contributed by atoms with Gasteiger partial charge in [-0.05, 0) is 42.8 Å². The standard InChI is InChI=1S/C16H15F3N4O3S/c1-9-5-6-12(13(7-9)23-15(20)21)22-14(24)10-3-2-4-11(8-10)27(25,26)16(17,18)19/h2-8H,1H3,(H,22,24)(H4,20,21,23). The number of amides is 1. The van der Waals surface area contributed by atoms with E-state index < -0.39 is 26.1 Å². The Bertz CT molecular complexity index is 1010. The first-order valence-corrected chi connectivity index (χ1v) is 8.83. The number of alkyl halides is 3. The van der Waals surface area contributed by atoms with Crippen molar-refractivity contribution in [3.8, 4) is 0 Å². The molecule has 27 heavy (non-hydrogen) atoms. The molecule has 11 heteroatoms. The van der Waals surface area contributed by atoms with Crippen LogP contribution in [0, 0.1) is 6.92 Å². The summed E-state index contributed by atoms with van der Waals surface area (Å²) in [6.45, 7) is 1.77. The lowest BCUT2D eigenvalue weighted by Gasteiger charge is -2.11. The molecule has 0 spiro atoms. The summed E-state index contributed by atoms with van der Waals surface area (Å²) in [6.07, 6.45) is 0. The van der Waals surface area contributed by atoms with Crippen LogP contribution in [0.4, 0.5) is 24.5 Å². The number of guanidine groups is 1. The van der Waals surface area contributed by atoms with Gasteiger partial charge in [0.05, 0.1) is 16.3 Å². The van der Waals surface area contributed by atoms with E-state index in [2.05, 4.69) is 10.3 Å². The van der Waals surface area contributed by atoms with E-state index >= 15 is 0 Å². The van der Waals surface area contributed by atoms with Crippen LogP contribution in [0.3, 0.4) is 0 Å². The second kappa shape index (κ2) is 7.27. The van der Waals surface area contributed by atoms with Gasteiger partial charge in [0, 0.05) is 5.56 Å². The number of hydrogen-bond donors (Lipinski definition) is 3. The molecule has 2 rings (SSSR count). The molecule has 0 aromatic heterocycles. The van der Waals surface area contributed by atoms with Gasteiger partial charge < -0.3 is 16.8 Å². The van der Waals surface area contributed by atoms with Crippen LogP contribution in [-0.2, 0) is 9.84 Å². The van der Waals surface area contributed by atoms with Crippen molar-refractivity contribution in [3.05, 3.63) is 53.6 Å². The van der Waals surface area contributed by atoms with E-state index in [9.17, 15) is 26.4 Å². The maximum absolute atomic E-state index is 12.7.